The third-order valence-electron chi connectivity index (χ3n) is 3.80. The Kier molecular flexibility index (Phi) is 4.56. The molecule has 3 nitrogen and oxygen atoms in total. The quantitative estimate of drug-likeness (QED) is 0.883. The van der Waals surface area contributed by atoms with Gasteiger partial charge in [0.05, 0.1) is 18.3 Å². The first-order valence-electron chi connectivity index (χ1n) is 7.77. The molecule has 1 aliphatic rings. The van der Waals surface area contributed by atoms with Gasteiger partial charge in [-0.3, -0.25) is 0 Å². The van der Waals surface area contributed by atoms with Gasteiger partial charge in [-0.2, -0.15) is 0 Å². The number of para-hydroxylation sites is 1. The molecule has 1 atom stereocenters. The molecule has 0 radical (unpaired) electrons. The van der Waals surface area contributed by atoms with Gasteiger partial charge in [0.1, 0.15) is 10.8 Å². The fraction of sp³-hybridized carbons (Fsp3) is 0.471. The molecule has 21 heavy (non-hydrogen) atoms. The summed E-state index contributed by atoms with van der Waals surface area (Å²) in [6, 6.07) is 8.42. The zero-order valence-corrected chi connectivity index (χ0v) is 13.5. The molecule has 0 fully saturated rings. The summed E-state index contributed by atoms with van der Waals surface area (Å²) >= 11 is 1.86. The van der Waals surface area contributed by atoms with Gasteiger partial charge in [-0.05, 0) is 38.8 Å². The number of ether oxygens (including phenoxy) is 1. The van der Waals surface area contributed by atoms with E-state index in [0.29, 0.717) is 6.61 Å². The van der Waals surface area contributed by atoms with Gasteiger partial charge >= 0.3 is 0 Å². The van der Waals surface area contributed by atoms with Crippen LogP contribution in [0.4, 0.5) is 0 Å². The fourth-order valence-corrected chi connectivity index (χ4v) is 4.12. The molecule has 1 N–H and O–H groups in total. The maximum Gasteiger partial charge on any atom is 0.124 e. The lowest BCUT2D eigenvalue weighted by atomic mass is 10.1. The minimum atomic E-state index is 0.133. The van der Waals surface area contributed by atoms with Gasteiger partial charge in [-0.25, -0.2) is 4.98 Å². The van der Waals surface area contributed by atoms with E-state index in [-0.39, 0.29) is 6.04 Å². The first-order chi connectivity index (χ1) is 10.3. The highest BCUT2D eigenvalue weighted by atomic mass is 32.1. The van der Waals surface area contributed by atoms with Crippen molar-refractivity contribution in [2.75, 3.05) is 13.2 Å². The van der Waals surface area contributed by atoms with E-state index < -0.39 is 0 Å². The molecular formula is C17H22N2OS. The number of aromatic nitrogens is 1. The number of nitrogens with one attached hydrogen (secondary N) is 1. The van der Waals surface area contributed by atoms with Crippen LogP contribution in [-0.2, 0) is 12.8 Å². The summed E-state index contributed by atoms with van der Waals surface area (Å²) < 4.78 is 5.80. The molecule has 0 saturated heterocycles. The van der Waals surface area contributed by atoms with Crippen LogP contribution in [0.15, 0.2) is 24.3 Å². The van der Waals surface area contributed by atoms with Crippen molar-refractivity contribution in [1.82, 2.24) is 10.3 Å². The number of benzene rings is 1. The van der Waals surface area contributed by atoms with Gasteiger partial charge in [0.15, 0.2) is 0 Å². The number of aryl methyl sites for hydroxylation is 2. The predicted octanol–water partition coefficient (Wildman–Crippen LogP) is 3.73. The molecule has 3 rings (SSSR count). The van der Waals surface area contributed by atoms with Crippen molar-refractivity contribution in [3.8, 4) is 5.75 Å². The Hall–Kier alpha value is -1.39. The summed E-state index contributed by atoms with van der Waals surface area (Å²) in [6.07, 6.45) is 3.59. The van der Waals surface area contributed by atoms with Crippen LogP contribution in [0.1, 0.15) is 47.5 Å². The first kappa shape index (κ1) is 14.5. The van der Waals surface area contributed by atoms with Crippen LogP contribution in [0.25, 0.3) is 0 Å². The minimum Gasteiger partial charge on any atom is -0.494 e. The molecule has 0 aliphatic heterocycles. The Labute approximate surface area is 130 Å². The van der Waals surface area contributed by atoms with Gasteiger partial charge in [-0.1, -0.05) is 25.1 Å². The third-order valence-corrected chi connectivity index (χ3v) is 5.02. The van der Waals surface area contributed by atoms with Crippen molar-refractivity contribution >= 4 is 11.3 Å². The summed E-state index contributed by atoms with van der Waals surface area (Å²) in [5, 5.41) is 4.75. The molecule has 1 aromatic carbocycles. The zero-order chi connectivity index (χ0) is 14.7. The van der Waals surface area contributed by atoms with E-state index in [0.717, 1.165) is 18.7 Å². The number of rotatable bonds is 6. The lowest BCUT2D eigenvalue weighted by Gasteiger charge is -2.19. The molecule has 0 amide bonds. The third kappa shape index (κ3) is 2.97. The Morgan fingerprint density at radius 3 is 2.90 bits per heavy atom. The normalized spacial score (nSPS) is 15.0. The van der Waals surface area contributed by atoms with Gasteiger partial charge in [0, 0.05) is 10.4 Å². The van der Waals surface area contributed by atoms with E-state index in [4.69, 9.17) is 9.72 Å². The summed E-state index contributed by atoms with van der Waals surface area (Å²) in [4.78, 5) is 6.36. The summed E-state index contributed by atoms with van der Waals surface area (Å²) in [5.74, 6) is 0.960. The van der Waals surface area contributed by atoms with E-state index in [2.05, 4.69) is 24.4 Å². The topological polar surface area (TPSA) is 34.2 Å². The summed E-state index contributed by atoms with van der Waals surface area (Å²) in [5.41, 5.74) is 2.50. The van der Waals surface area contributed by atoms with Crippen molar-refractivity contribution in [3.63, 3.8) is 0 Å². The second-order valence-electron chi connectivity index (χ2n) is 5.24. The summed E-state index contributed by atoms with van der Waals surface area (Å²) in [7, 11) is 0. The van der Waals surface area contributed by atoms with Gasteiger partial charge < -0.3 is 10.1 Å². The molecule has 1 unspecified atom stereocenters. The standard InChI is InChI=1S/C17H22N2OS/c1-3-18-16(12-8-5-6-10-14(12)20-4-2)17-19-13-9-7-11-15(13)21-17/h5-6,8,10,16,18H,3-4,7,9,11H2,1-2H3. The second-order valence-corrected chi connectivity index (χ2v) is 6.35. The fourth-order valence-electron chi connectivity index (χ4n) is 2.87. The molecule has 1 aromatic heterocycles. The highest BCUT2D eigenvalue weighted by Gasteiger charge is 2.24. The van der Waals surface area contributed by atoms with E-state index in [1.54, 1.807) is 0 Å². The Bertz CT molecular complexity index is 587. The van der Waals surface area contributed by atoms with Crippen LogP contribution in [0.2, 0.25) is 0 Å². The Morgan fingerprint density at radius 1 is 1.29 bits per heavy atom. The highest BCUT2D eigenvalue weighted by molar-refractivity contribution is 7.11. The molecule has 4 heteroatoms. The smallest absolute Gasteiger partial charge is 0.124 e. The molecule has 1 heterocycles. The van der Waals surface area contributed by atoms with Gasteiger partial charge in [0.25, 0.3) is 0 Å². The van der Waals surface area contributed by atoms with Crippen molar-refractivity contribution in [2.45, 2.75) is 39.2 Å². The number of hydrogen-bond acceptors (Lipinski definition) is 4. The molecule has 0 bridgehead atoms. The van der Waals surface area contributed by atoms with Crippen molar-refractivity contribution in [2.24, 2.45) is 0 Å². The molecule has 0 saturated carbocycles. The number of thiazole rings is 1. The monoisotopic (exact) mass is 302 g/mol. The lowest BCUT2D eigenvalue weighted by molar-refractivity contribution is 0.333. The second kappa shape index (κ2) is 6.58. The van der Waals surface area contributed by atoms with Crippen molar-refractivity contribution < 1.29 is 4.74 Å². The van der Waals surface area contributed by atoms with Crippen LogP contribution in [0.5, 0.6) is 5.75 Å². The van der Waals surface area contributed by atoms with E-state index in [1.807, 2.05) is 30.4 Å². The molecule has 0 spiro atoms. The maximum atomic E-state index is 5.80. The number of nitrogens with zero attached hydrogens (tertiary/aromatic N) is 1. The number of fused-ring (bicyclic) bond motifs is 1. The first-order valence-corrected chi connectivity index (χ1v) is 8.58. The highest BCUT2D eigenvalue weighted by Crippen LogP contribution is 2.36. The number of hydrogen-bond donors (Lipinski definition) is 1. The zero-order valence-electron chi connectivity index (χ0n) is 12.7. The summed E-state index contributed by atoms with van der Waals surface area (Å²) in [6.45, 7) is 5.76. The molecule has 2 aromatic rings. The molecular weight excluding hydrogens is 280 g/mol. The molecule has 1 aliphatic carbocycles. The Balaban J connectivity index is 1.97. The lowest BCUT2D eigenvalue weighted by Crippen LogP contribution is -2.22. The largest absolute Gasteiger partial charge is 0.494 e. The maximum absolute atomic E-state index is 5.80. The van der Waals surface area contributed by atoms with E-state index in [9.17, 15) is 0 Å². The van der Waals surface area contributed by atoms with Crippen molar-refractivity contribution in [3.05, 3.63) is 45.4 Å². The van der Waals surface area contributed by atoms with Crippen LogP contribution in [0, 0.1) is 0 Å². The predicted molar refractivity (Wildman–Crippen MR) is 87.3 cm³/mol. The average molecular weight is 302 g/mol. The van der Waals surface area contributed by atoms with Gasteiger partial charge in [-0.15, -0.1) is 11.3 Å². The minimum absolute atomic E-state index is 0.133. The van der Waals surface area contributed by atoms with Crippen LogP contribution < -0.4 is 10.1 Å². The molecule has 112 valence electrons. The van der Waals surface area contributed by atoms with Crippen LogP contribution in [0.3, 0.4) is 0 Å². The average Bonchev–Trinajstić information content (AvgIpc) is 3.07. The van der Waals surface area contributed by atoms with Gasteiger partial charge in [0.2, 0.25) is 0 Å². The SMILES string of the molecule is CCNC(c1nc2c(s1)CCC2)c1ccccc1OCC. The Morgan fingerprint density at radius 2 is 2.14 bits per heavy atom. The van der Waals surface area contributed by atoms with Crippen LogP contribution >= 0.6 is 11.3 Å². The van der Waals surface area contributed by atoms with E-state index >= 15 is 0 Å². The van der Waals surface area contributed by atoms with E-state index in [1.165, 1.54) is 34.0 Å². The van der Waals surface area contributed by atoms with Crippen LogP contribution in [-0.4, -0.2) is 18.1 Å². The van der Waals surface area contributed by atoms with Crippen molar-refractivity contribution in [1.29, 1.82) is 0 Å².